The Hall–Kier alpha value is -1.35. The van der Waals surface area contributed by atoms with Crippen LogP contribution >= 0.6 is 0 Å². The maximum Gasteiger partial charge on any atom is 0.123 e. The summed E-state index contributed by atoms with van der Waals surface area (Å²) >= 11 is 0. The third kappa shape index (κ3) is 1.64. The molecule has 1 aliphatic heterocycles. The molecule has 1 spiro atoms. The monoisotopic (exact) mass is 258 g/mol. The van der Waals surface area contributed by atoms with Crippen molar-refractivity contribution in [1.82, 2.24) is 10.3 Å². The molecule has 2 nitrogen and oxygen atoms in total. The molecule has 2 heterocycles. The van der Waals surface area contributed by atoms with Gasteiger partial charge in [0.05, 0.1) is 5.54 Å². The van der Waals surface area contributed by atoms with Crippen LogP contribution in [0.25, 0.3) is 10.9 Å². The highest BCUT2D eigenvalue weighted by Gasteiger charge is 2.39. The van der Waals surface area contributed by atoms with Crippen molar-refractivity contribution < 1.29 is 4.39 Å². The van der Waals surface area contributed by atoms with Crippen LogP contribution in [0.5, 0.6) is 0 Å². The summed E-state index contributed by atoms with van der Waals surface area (Å²) in [5, 5.41) is 4.83. The van der Waals surface area contributed by atoms with E-state index in [1.54, 1.807) is 12.1 Å². The van der Waals surface area contributed by atoms with E-state index < -0.39 is 0 Å². The summed E-state index contributed by atoms with van der Waals surface area (Å²) in [5.74, 6) is -0.134. The molecule has 100 valence electrons. The molecule has 19 heavy (non-hydrogen) atoms. The van der Waals surface area contributed by atoms with Crippen molar-refractivity contribution in [3.8, 4) is 0 Å². The lowest BCUT2D eigenvalue weighted by molar-refractivity contribution is 0.218. The maximum absolute atomic E-state index is 13.5. The van der Waals surface area contributed by atoms with Gasteiger partial charge in [-0.15, -0.1) is 0 Å². The van der Waals surface area contributed by atoms with Gasteiger partial charge in [-0.3, -0.25) is 0 Å². The molecule has 1 aliphatic carbocycles. The summed E-state index contributed by atoms with van der Waals surface area (Å²) in [4.78, 5) is 3.57. The SMILES string of the molecule is Fc1ccc2[nH]c3c(c2c1)CCNC31CCCCC1. The van der Waals surface area contributed by atoms with Crippen molar-refractivity contribution >= 4 is 10.9 Å². The fraction of sp³-hybridized carbons (Fsp3) is 0.500. The average molecular weight is 258 g/mol. The summed E-state index contributed by atoms with van der Waals surface area (Å²) in [6.07, 6.45) is 7.32. The summed E-state index contributed by atoms with van der Waals surface area (Å²) < 4.78 is 13.5. The number of rotatable bonds is 0. The van der Waals surface area contributed by atoms with Gasteiger partial charge in [0.2, 0.25) is 0 Å². The second kappa shape index (κ2) is 4.07. The lowest BCUT2D eigenvalue weighted by Crippen LogP contribution is -2.48. The molecule has 0 radical (unpaired) electrons. The minimum Gasteiger partial charge on any atom is -0.357 e. The summed E-state index contributed by atoms with van der Waals surface area (Å²) in [6, 6.07) is 5.11. The van der Waals surface area contributed by atoms with Crippen molar-refractivity contribution in [2.45, 2.75) is 44.1 Å². The minimum absolute atomic E-state index is 0.126. The predicted molar refractivity (Wildman–Crippen MR) is 74.7 cm³/mol. The van der Waals surface area contributed by atoms with Gasteiger partial charge in [0, 0.05) is 23.1 Å². The molecular formula is C16H19FN2. The second-order valence-corrected chi connectivity index (χ2v) is 5.99. The van der Waals surface area contributed by atoms with E-state index in [4.69, 9.17) is 0 Å². The summed E-state index contributed by atoms with van der Waals surface area (Å²) in [6.45, 7) is 1.01. The summed E-state index contributed by atoms with van der Waals surface area (Å²) in [7, 11) is 0. The zero-order valence-electron chi connectivity index (χ0n) is 11.1. The van der Waals surface area contributed by atoms with E-state index in [1.165, 1.54) is 43.4 Å². The van der Waals surface area contributed by atoms with Crippen molar-refractivity contribution in [2.24, 2.45) is 0 Å². The van der Waals surface area contributed by atoms with Gasteiger partial charge in [-0.2, -0.15) is 0 Å². The van der Waals surface area contributed by atoms with E-state index in [-0.39, 0.29) is 11.4 Å². The Bertz CT molecular complexity index is 623. The number of halogens is 1. The lowest BCUT2D eigenvalue weighted by atomic mass is 9.75. The zero-order valence-corrected chi connectivity index (χ0v) is 11.1. The van der Waals surface area contributed by atoms with Crippen LogP contribution in [0.2, 0.25) is 0 Å². The van der Waals surface area contributed by atoms with Gasteiger partial charge in [0.25, 0.3) is 0 Å². The van der Waals surface area contributed by atoms with E-state index in [2.05, 4.69) is 10.3 Å². The first-order valence-corrected chi connectivity index (χ1v) is 7.34. The van der Waals surface area contributed by atoms with E-state index in [1.807, 2.05) is 6.07 Å². The normalized spacial score (nSPS) is 21.7. The van der Waals surface area contributed by atoms with Crippen LogP contribution in [0.4, 0.5) is 4.39 Å². The minimum atomic E-state index is -0.134. The average Bonchev–Trinajstić information content (AvgIpc) is 2.80. The van der Waals surface area contributed by atoms with Gasteiger partial charge in [0.1, 0.15) is 5.82 Å². The molecule has 2 aromatic rings. The number of aromatic nitrogens is 1. The molecule has 2 N–H and O–H groups in total. The van der Waals surface area contributed by atoms with Crippen LogP contribution in [0.1, 0.15) is 43.4 Å². The fourth-order valence-corrected chi connectivity index (χ4v) is 3.99. The molecule has 2 aliphatic rings. The highest BCUT2D eigenvalue weighted by atomic mass is 19.1. The van der Waals surface area contributed by atoms with Crippen molar-refractivity contribution in [3.05, 3.63) is 35.3 Å². The Morgan fingerprint density at radius 3 is 2.79 bits per heavy atom. The van der Waals surface area contributed by atoms with Crippen molar-refractivity contribution in [3.63, 3.8) is 0 Å². The molecule has 1 fully saturated rings. The van der Waals surface area contributed by atoms with E-state index in [0.29, 0.717) is 0 Å². The Kier molecular flexibility index (Phi) is 2.46. The van der Waals surface area contributed by atoms with Gasteiger partial charge in [0.15, 0.2) is 0 Å². The molecule has 0 saturated heterocycles. The van der Waals surface area contributed by atoms with Crippen LogP contribution in [0, 0.1) is 5.82 Å². The Morgan fingerprint density at radius 1 is 1.11 bits per heavy atom. The van der Waals surface area contributed by atoms with Gasteiger partial charge in [-0.05, 0) is 43.0 Å². The highest BCUT2D eigenvalue weighted by molar-refractivity contribution is 5.85. The number of H-pyrrole nitrogens is 1. The molecule has 1 aromatic carbocycles. The first-order valence-electron chi connectivity index (χ1n) is 7.34. The smallest absolute Gasteiger partial charge is 0.123 e. The fourth-order valence-electron chi connectivity index (χ4n) is 3.99. The number of fused-ring (bicyclic) bond motifs is 4. The number of nitrogens with one attached hydrogen (secondary N) is 2. The number of benzene rings is 1. The molecule has 0 bridgehead atoms. The number of aromatic amines is 1. The quantitative estimate of drug-likeness (QED) is 0.742. The van der Waals surface area contributed by atoms with Crippen LogP contribution in [-0.4, -0.2) is 11.5 Å². The Labute approximate surface area is 112 Å². The zero-order chi connectivity index (χ0) is 12.9. The van der Waals surface area contributed by atoms with Gasteiger partial charge < -0.3 is 10.3 Å². The standard InChI is InChI=1S/C16H19FN2/c17-11-4-5-14-13(10-11)12-6-9-18-16(15(12)19-14)7-2-1-3-8-16/h4-5,10,18-19H,1-3,6-9H2. The Morgan fingerprint density at radius 2 is 1.95 bits per heavy atom. The van der Waals surface area contributed by atoms with Crippen molar-refractivity contribution in [1.29, 1.82) is 0 Å². The molecule has 3 heteroatoms. The third-order valence-electron chi connectivity index (χ3n) is 4.89. The molecular weight excluding hydrogens is 239 g/mol. The molecule has 0 unspecified atom stereocenters. The van der Waals surface area contributed by atoms with E-state index >= 15 is 0 Å². The van der Waals surface area contributed by atoms with Crippen LogP contribution < -0.4 is 5.32 Å². The van der Waals surface area contributed by atoms with Crippen LogP contribution in [0.15, 0.2) is 18.2 Å². The van der Waals surface area contributed by atoms with Gasteiger partial charge >= 0.3 is 0 Å². The maximum atomic E-state index is 13.5. The third-order valence-corrected chi connectivity index (χ3v) is 4.89. The number of hydrogen-bond donors (Lipinski definition) is 2. The van der Waals surface area contributed by atoms with Gasteiger partial charge in [-0.25, -0.2) is 4.39 Å². The summed E-state index contributed by atoms with van der Waals surface area (Å²) in [5.41, 5.74) is 3.88. The van der Waals surface area contributed by atoms with Crippen molar-refractivity contribution in [2.75, 3.05) is 6.54 Å². The lowest BCUT2D eigenvalue weighted by Gasteiger charge is -2.41. The molecule has 4 rings (SSSR count). The second-order valence-electron chi connectivity index (χ2n) is 5.99. The largest absolute Gasteiger partial charge is 0.357 e. The van der Waals surface area contributed by atoms with Gasteiger partial charge in [-0.1, -0.05) is 19.3 Å². The van der Waals surface area contributed by atoms with Crippen LogP contribution in [-0.2, 0) is 12.0 Å². The first kappa shape index (κ1) is 11.5. The first-order chi connectivity index (χ1) is 9.28. The molecule has 1 aromatic heterocycles. The molecule has 0 atom stereocenters. The highest BCUT2D eigenvalue weighted by Crippen LogP contribution is 2.42. The van der Waals surface area contributed by atoms with E-state index in [0.717, 1.165) is 23.9 Å². The van der Waals surface area contributed by atoms with E-state index in [9.17, 15) is 4.39 Å². The molecule has 0 amide bonds. The predicted octanol–water partition coefficient (Wildman–Crippen LogP) is 3.61. The number of hydrogen-bond acceptors (Lipinski definition) is 1. The Balaban J connectivity index is 1.93. The molecule has 1 saturated carbocycles. The topological polar surface area (TPSA) is 27.8 Å². The van der Waals surface area contributed by atoms with Crippen LogP contribution in [0.3, 0.4) is 0 Å².